The Labute approximate surface area is 121 Å². The highest BCUT2D eigenvalue weighted by atomic mass is 79.9. The summed E-state index contributed by atoms with van der Waals surface area (Å²) in [5.41, 5.74) is 1.27. The van der Waals surface area contributed by atoms with Crippen molar-refractivity contribution in [1.82, 2.24) is 9.97 Å². The van der Waals surface area contributed by atoms with Crippen molar-refractivity contribution in [3.8, 4) is 6.07 Å². The highest BCUT2D eigenvalue weighted by molar-refractivity contribution is 9.10. The van der Waals surface area contributed by atoms with Gasteiger partial charge in [0.05, 0.1) is 11.3 Å². The summed E-state index contributed by atoms with van der Waals surface area (Å²) >= 11 is 6.64. The highest BCUT2D eigenvalue weighted by Crippen LogP contribution is 2.24. The van der Waals surface area contributed by atoms with Gasteiger partial charge in [0.15, 0.2) is 0 Å². The SMILES string of the molecule is Cc1nc(Br)cc(Nc2ccc(Br)cc2C#N)n1. The second kappa shape index (κ2) is 5.46. The van der Waals surface area contributed by atoms with Crippen LogP contribution in [0.5, 0.6) is 0 Å². The summed E-state index contributed by atoms with van der Waals surface area (Å²) in [7, 11) is 0. The Balaban J connectivity index is 2.37. The molecule has 0 aliphatic heterocycles. The molecule has 1 N–H and O–H groups in total. The number of aryl methyl sites for hydroxylation is 1. The van der Waals surface area contributed by atoms with Gasteiger partial charge in [0.25, 0.3) is 0 Å². The van der Waals surface area contributed by atoms with Crippen LogP contribution in [0, 0.1) is 18.3 Å². The van der Waals surface area contributed by atoms with Gasteiger partial charge in [-0.25, -0.2) is 9.97 Å². The van der Waals surface area contributed by atoms with Crippen LogP contribution in [0.25, 0.3) is 0 Å². The van der Waals surface area contributed by atoms with Gasteiger partial charge in [0, 0.05) is 10.5 Å². The van der Waals surface area contributed by atoms with Crippen molar-refractivity contribution in [2.75, 3.05) is 5.32 Å². The summed E-state index contributed by atoms with van der Waals surface area (Å²) in [5.74, 6) is 1.30. The number of nitriles is 1. The van der Waals surface area contributed by atoms with Gasteiger partial charge in [0.2, 0.25) is 0 Å². The van der Waals surface area contributed by atoms with Crippen LogP contribution >= 0.6 is 31.9 Å². The molecule has 6 heteroatoms. The Morgan fingerprint density at radius 3 is 2.67 bits per heavy atom. The van der Waals surface area contributed by atoms with E-state index in [1.165, 1.54) is 0 Å². The largest absolute Gasteiger partial charge is 0.339 e. The molecule has 0 fully saturated rings. The van der Waals surface area contributed by atoms with Crippen LogP contribution < -0.4 is 5.32 Å². The first-order valence-corrected chi connectivity index (χ1v) is 6.65. The van der Waals surface area contributed by atoms with Gasteiger partial charge in [-0.2, -0.15) is 5.26 Å². The average molecular weight is 368 g/mol. The number of hydrogen-bond acceptors (Lipinski definition) is 4. The molecule has 0 amide bonds. The maximum absolute atomic E-state index is 9.08. The summed E-state index contributed by atoms with van der Waals surface area (Å²) in [5, 5.41) is 12.2. The Morgan fingerprint density at radius 2 is 2.00 bits per heavy atom. The van der Waals surface area contributed by atoms with E-state index in [-0.39, 0.29) is 0 Å². The molecule has 1 aromatic heterocycles. The number of nitrogens with one attached hydrogen (secondary N) is 1. The lowest BCUT2D eigenvalue weighted by molar-refractivity contribution is 1.04. The Morgan fingerprint density at radius 1 is 1.22 bits per heavy atom. The van der Waals surface area contributed by atoms with E-state index in [2.05, 4.69) is 53.2 Å². The quantitative estimate of drug-likeness (QED) is 0.817. The van der Waals surface area contributed by atoms with Crippen LogP contribution in [0.3, 0.4) is 0 Å². The van der Waals surface area contributed by atoms with Crippen molar-refractivity contribution in [1.29, 1.82) is 5.26 Å². The second-order valence-electron chi connectivity index (χ2n) is 3.55. The Hall–Kier alpha value is -1.45. The van der Waals surface area contributed by atoms with Gasteiger partial charge >= 0.3 is 0 Å². The molecule has 18 heavy (non-hydrogen) atoms. The molecular weight excluding hydrogens is 360 g/mol. The third-order valence-corrected chi connectivity index (χ3v) is 3.07. The van der Waals surface area contributed by atoms with E-state index in [4.69, 9.17) is 5.26 Å². The molecule has 0 unspecified atom stereocenters. The lowest BCUT2D eigenvalue weighted by atomic mass is 10.2. The number of nitrogens with zero attached hydrogens (tertiary/aromatic N) is 3. The monoisotopic (exact) mass is 366 g/mol. The summed E-state index contributed by atoms with van der Waals surface area (Å²) in [6.45, 7) is 1.81. The molecule has 0 atom stereocenters. The fourth-order valence-corrected chi connectivity index (χ4v) is 2.29. The number of hydrogen-bond donors (Lipinski definition) is 1. The predicted octanol–water partition coefficient (Wildman–Crippen LogP) is 3.93. The number of rotatable bonds is 2. The maximum atomic E-state index is 9.08. The van der Waals surface area contributed by atoms with Gasteiger partial charge in [0.1, 0.15) is 22.3 Å². The van der Waals surface area contributed by atoms with Crippen LogP contribution in [0.4, 0.5) is 11.5 Å². The van der Waals surface area contributed by atoms with Crippen LogP contribution in [0.15, 0.2) is 33.3 Å². The second-order valence-corrected chi connectivity index (χ2v) is 5.28. The molecule has 0 saturated heterocycles. The molecule has 0 aliphatic rings. The lowest BCUT2D eigenvalue weighted by Gasteiger charge is -2.08. The van der Waals surface area contributed by atoms with Crippen LogP contribution in [0.2, 0.25) is 0 Å². The van der Waals surface area contributed by atoms with E-state index < -0.39 is 0 Å². The highest BCUT2D eigenvalue weighted by Gasteiger charge is 2.05. The molecular formula is C12H8Br2N4. The fraction of sp³-hybridized carbons (Fsp3) is 0.0833. The van der Waals surface area contributed by atoms with Crippen molar-refractivity contribution in [3.63, 3.8) is 0 Å². The first kappa shape index (κ1) is 13.0. The zero-order chi connectivity index (χ0) is 13.1. The van der Waals surface area contributed by atoms with Gasteiger partial charge in [-0.05, 0) is 41.1 Å². The molecule has 0 bridgehead atoms. The minimum Gasteiger partial charge on any atom is -0.339 e. The zero-order valence-electron chi connectivity index (χ0n) is 9.41. The molecule has 0 aliphatic carbocycles. The van der Waals surface area contributed by atoms with Gasteiger partial charge < -0.3 is 5.32 Å². The molecule has 1 aromatic carbocycles. The Bertz CT molecular complexity index is 614. The van der Waals surface area contributed by atoms with E-state index >= 15 is 0 Å². The van der Waals surface area contributed by atoms with Crippen molar-refractivity contribution in [2.24, 2.45) is 0 Å². The number of anilines is 2. The topological polar surface area (TPSA) is 61.6 Å². The first-order valence-electron chi connectivity index (χ1n) is 5.06. The third-order valence-electron chi connectivity index (χ3n) is 2.17. The van der Waals surface area contributed by atoms with E-state index in [1.807, 2.05) is 19.1 Å². The minimum atomic E-state index is 0.553. The van der Waals surface area contributed by atoms with Crippen molar-refractivity contribution < 1.29 is 0 Å². The van der Waals surface area contributed by atoms with Crippen LogP contribution in [0.1, 0.15) is 11.4 Å². The minimum absolute atomic E-state index is 0.553. The van der Waals surface area contributed by atoms with Crippen molar-refractivity contribution in [2.45, 2.75) is 6.92 Å². The van der Waals surface area contributed by atoms with E-state index in [0.29, 0.717) is 27.5 Å². The van der Waals surface area contributed by atoms with Gasteiger partial charge in [-0.3, -0.25) is 0 Å². The standard InChI is InChI=1S/C12H8Br2N4/c1-7-16-11(14)5-12(17-7)18-10-3-2-9(13)4-8(10)6-15/h2-5H,1H3,(H,16,17,18). The fourth-order valence-electron chi connectivity index (χ4n) is 1.45. The number of benzene rings is 1. The molecule has 0 spiro atoms. The Kier molecular flexibility index (Phi) is 3.94. The summed E-state index contributed by atoms with van der Waals surface area (Å²) in [4.78, 5) is 8.38. The normalized spacial score (nSPS) is 9.89. The van der Waals surface area contributed by atoms with Crippen molar-refractivity contribution in [3.05, 3.63) is 44.7 Å². The average Bonchev–Trinajstić information content (AvgIpc) is 2.30. The molecule has 4 nitrogen and oxygen atoms in total. The van der Waals surface area contributed by atoms with Gasteiger partial charge in [-0.15, -0.1) is 0 Å². The molecule has 90 valence electrons. The smallest absolute Gasteiger partial charge is 0.135 e. The van der Waals surface area contributed by atoms with E-state index in [0.717, 1.165) is 4.47 Å². The molecule has 2 aromatic rings. The zero-order valence-corrected chi connectivity index (χ0v) is 12.6. The predicted molar refractivity (Wildman–Crippen MR) is 76.6 cm³/mol. The van der Waals surface area contributed by atoms with Crippen LogP contribution in [-0.2, 0) is 0 Å². The summed E-state index contributed by atoms with van der Waals surface area (Å²) in [6, 6.07) is 9.35. The van der Waals surface area contributed by atoms with Gasteiger partial charge in [-0.1, -0.05) is 15.9 Å². The van der Waals surface area contributed by atoms with E-state index in [1.54, 1.807) is 12.1 Å². The molecule has 0 saturated carbocycles. The molecule has 2 rings (SSSR count). The lowest BCUT2D eigenvalue weighted by Crippen LogP contribution is -1.99. The number of halogens is 2. The summed E-state index contributed by atoms with van der Waals surface area (Å²) < 4.78 is 1.57. The molecule has 0 radical (unpaired) electrons. The number of aromatic nitrogens is 2. The molecule has 1 heterocycles. The van der Waals surface area contributed by atoms with E-state index in [9.17, 15) is 0 Å². The first-order chi connectivity index (χ1) is 8.58. The van der Waals surface area contributed by atoms with Crippen LogP contribution in [-0.4, -0.2) is 9.97 Å². The van der Waals surface area contributed by atoms with Crippen molar-refractivity contribution >= 4 is 43.4 Å². The summed E-state index contributed by atoms with van der Waals surface area (Å²) in [6.07, 6.45) is 0. The third kappa shape index (κ3) is 3.06. The maximum Gasteiger partial charge on any atom is 0.135 e.